The van der Waals surface area contributed by atoms with E-state index in [0.717, 1.165) is 11.1 Å². The number of ether oxygens (including phenoxy) is 1. The van der Waals surface area contributed by atoms with Crippen molar-refractivity contribution in [3.63, 3.8) is 0 Å². The van der Waals surface area contributed by atoms with Gasteiger partial charge in [-0.2, -0.15) is 0 Å². The second-order valence-corrected chi connectivity index (χ2v) is 9.44. The number of hydrogen-bond acceptors (Lipinski definition) is 3. The molecule has 0 aliphatic heterocycles. The molecule has 5 nitrogen and oxygen atoms in total. The highest BCUT2D eigenvalue weighted by Crippen LogP contribution is 2.31. The summed E-state index contributed by atoms with van der Waals surface area (Å²) in [6.07, 6.45) is 0.470. The average molecular weight is 479 g/mol. The van der Waals surface area contributed by atoms with E-state index in [-0.39, 0.29) is 30.4 Å². The molecule has 0 aromatic heterocycles. The molecule has 0 fully saturated rings. The predicted molar refractivity (Wildman–Crippen MR) is 130 cm³/mol. The second kappa shape index (κ2) is 11.6. The van der Waals surface area contributed by atoms with Crippen LogP contribution in [0.15, 0.2) is 42.5 Å². The van der Waals surface area contributed by atoms with Crippen LogP contribution in [0.4, 0.5) is 0 Å². The number of carbonyl (C=O) groups excluding carboxylic acids is 2. The SMILES string of the molecule is CCNC(=O)[C@@H](CC)N(Cc1ccc(Cl)c(Cl)c1)C(=O)COc1ccccc1C(C)(C)C. The van der Waals surface area contributed by atoms with Gasteiger partial charge in [0.2, 0.25) is 5.91 Å². The smallest absolute Gasteiger partial charge is 0.261 e. The van der Waals surface area contributed by atoms with Crippen LogP contribution in [0.3, 0.4) is 0 Å². The Bertz CT molecular complexity index is 941. The molecule has 0 heterocycles. The van der Waals surface area contributed by atoms with Crippen molar-refractivity contribution in [2.45, 2.75) is 59.0 Å². The van der Waals surface area contributed by atoms with Gasteiger partial charge in [-0.3, -0.25) is 9.59 Å². The monoisotopic (exact) mass is 478 g/mol. The number of rotatable bonds is 9. The van der Waals surface area contributed by atoms with Crippen molar-refractivity contribution < 1.29 is 14.3 Å². The summed E-state index contributed by atoms with van der Waals surface area (Å²) in [5.41, 5.74) is 1.66. The first-order valence-corrected chi connectivity index (χ1v) is 11.6. The van der Waals surface area contributed by atoms with E-state index < -0.39 is 6.04 Å². The summed E-state index contributed by atoms with van der Waals surface area (Å²) in [7, 11) is 0. The van der Waals surface area contributed by atoms with Crippen LogP contribution in [-0.2, 0) is 21.5 Å². The van der Waals surface area contributed by atoms with Gasteiger partial charge >= 0.3 is 0 Å². The molecule has 7 heteroatoms. The zero-order chi connectivity index (χ0) is 23.9. The van der Waals surface area contributed by atoms with E-state index in [1.54, 1.807) is 23.1 Å². The Balaban J connectivity index is 2.29. The summed E-state index contributed by atoms with van der Waals surface area (Å²) in [5.74, 6) is 0.185. The first-order valence-electron chi connectivity index (χ1n) is 10.8. The van der Waals surface area contributed by atoms with E-state index in [1.807, 2.05) is 38.1 Å². The number of nitrogens with one attached hydrogen (secondary N) is 1. The summed E-state index contributed by atoms with van der Waals surface area (Å²) < 4.78 is 5.95. The van der Waals surface area contributed by atoms with Gasteiger partial charge in [-0.25, -0.2) is 0 Å². The number of para-hydroxylation sites is 1. The molecule has 174 valence electrons. The Hall–Kier alpha value is -2.24. The molecule has 0 bridgehead atoms. The van der Waals surface area contributed by atoms with E-state index in [9.17, 15) is 9.59 Å². The van der Waals surface area contributed by atoms with Gasteiger partial charge in [0, 0.05) is 13.1 Å². The molecule has 0 radical (unpaired) electrons. The van der Waals surface area contributed by atoms with E-state index in [4.69, 9.17) is 27.9 Å². The molecule has 0 unspecified atom stereocenters. The zero-order valence-corrected chi connectivity index (χ0v) is 20.9. The number of nitrogens with zero attached hydrogens (tertiary/aromatic N) is 1. The third kappa shape index (κ3) is 6.88. The van der Waals surface area contributed by atoms with Crippen molar-refractivity contribution in [1.82, 2.24) is 10.2 Å². The minimum absolute atomic E-state index is 0.133. The lowest BCUT2D eigenvalue weighted by atomic mass is 9.86. The van der Waals surface area contributed by atoms with Crippen LogP contribution >= 0.6 is 23.2 Å². The van der Waals surface area contributed by atoms with Crippen molar-refractivity contribution >= 4 is 35.0 Å². The summed E-state index contributed by atoms with van der Waals surface area (Å²) in [6, 6.07) is 12.3. The Morgan fingerprint density at radius 2 is 1.75 bits per heavy atom. The van der Waals surface area contributed by atoms with Crippen molar-refractivity contribution in [2.24, 2.45) is 0 Å². The number of likely N-dealkylation sites (N-methyl/N-ethyl adjacent to an activating group) is 1. The molecule has 2 aromatic rings. The second-order valence-electron chi connectivity index (χ2n) is 8.62. The van der Waals surface area contributed by atoms with Crippen LogP contribution in [0, 0.1) is 0 Å². The molecule has 32 heavy (non-hydrogen) atoms. The van der Waals surface area contributed by atoms with Gasteiger partial charge in [0.05, 0.1) is 10.0 Å². The molecule has 0 aliphatic carbocycles. The summed E-state index contributed by atoms with van der Waals surface area (Å²) in [5, 5.41) is 3.66. The van der Waals surface area contributed by atoms with Gasteiger partial charge in [-0.1, -0.05) is 75.2 Å². The Labute approximate surface area is 201 Å². The molecule has 0 saturated heterocycles. The molecule has 0 aliphatic rings. The van der Waals surface area contributed by atoms with Crippen molar-refractivity contribution in [3.8, 4) is 5.75 Å². The normalized spacial score (nSPS) is 12.2. The minimum atomic E-state index is -0.627. The van der Waals surface area contributed by atoms with Crippen molar-refractivity contribution in [1.29, 1.82) is 0 Å². The van der Waals surface area contributed by atoms with Crippen molar-refractivity contribution in [2.75, 3.05) is 13.2 Å². The summed E-state index contributed by atoms with van der Waals surface area (Å²) in [4.78, 5) is 27.5. The summed E-state index contributed by atoms with van der Waals surface area (Å²) >= 11 is 12.2. The molecular formula is C25H32Cl2N2O3. The lowest BCUT2D eigenvalue weighted by Crippen LogP contribution is -2.50. The van der Waals surface area contributed by atoms with Gasteiger partial charge in [-0.15, -0.1) is 0 Å². The van der Waals surface area contributed by atoms with Gasteiger partial charge in [-0.05, 0) is 48.1 Å². The molecule has 1 atom stereocenters. The molecule has 2 aromatic carbocycles. The highest BCUT2D eigenvalue weighted by atomic mass is 35.5. The van der Waals surface area contributed by atoms with E-state index in [1.165, 1.54) is 0 Å². The molecule has 1 N–H and O–H groups in total. The quantitative estimate of drug-likeness (QED) is 0.509. The van der Waals surface area contributed by atoms with Gasteiger partial charge in [0.25, 0.3) is 5.91 Å². The van der Waals surface area contributed by atoms with Gasteiger partial charge < -0.3 is 15.0 Å². The van der Waals surface area contributed by atoms with Gasteiger partial charge in [0.1, 0.15) is 11.8 Å². The highest BCUT2D eigenvalue weighted by molar-refractivity contribution is 6.42. The zero-order valence-electron chi connectivity index (χ0n) is 19.4. The fourth-order valence-corrected chi connectivity index (χ4v) is 3.80. The number of benzene rings is 2. The van der Waals surface area contributed by atoms with Crippen LogP contribution in [0.2, 0.25) is 10.0 Å². The topological polar surface area (TPSA) is 58.6 Å². The first-order chi connectivity index (χ1) is 15.1. The average Bonchev–Trinajstić information content (AvgIpc) is 2.74. The Morgan fingerprint density at radius 1 is 1.06 bits per heavy atom. The minimum Gasteiger partial charge on any atom is -0.483 e. The third-order valence-corrected chi connectivity index (χ3v) is 5.86. The van der Waals surface area contributed by atoms with Crippen LogP contribution in [0.25, 0.3) is 0 Å². The molecule has 2 rings (SSSR count). The van der Waals surface area contributed by atoms with Crippen LogP contribution in [0.5, 0.6) is 5.75 Å². The highest BCUT2D eigenvalue weighted by Gasteiger charge is 2.29. The maximum Gasteiger partial charge on any atom is 0.261 e. The number of amides is 2. The molecule has 2 amide bonds. The maximum atomic E-state index is 13.3. The largest absolute Gasteiger partial charge is 0.483 e. The molecule has 0 spiro atoms. The number of carbonyl (C=O) groups is 2. The van der Waals surface area contributed by atoms with Gasteiger partial charge in [0.15, 0.2) is 6.61 Å². The molecule has 0 saturated carbocycles. The summed E-state index contributed by atoms with van der Waals surface area (Å²) in [6.45, 7) is 10.5. The maximum absolute atomic E-state index is 13.3. The van der Waals surface area contributed by atoms with Crippen LogP contribution in [-0.4, -0.2) is 35.9 Å². The number of halogens is 2. The number of hydrogen-bond donors (Lipinski definition) is 1. The lowest BCUT2D eigenvalue weighted by Gasteiger charge is -2.31. The van der Waals surface area contributed by atoms with Crippen LogP contribution in [0.1, 0.15) is 52.2 Å². The fourth-order valence-electron chi connectivity index (χ4n) is 3.48. The molecular weight excluding hydrogens is 447 g/mol. The van der Waals surface area contributed by atoms with Crippen LogP contribution < -0.4 is 10.1 Å². The first kappa shape index (κ1) is 26.0. The van der Waals surface area contributed by atoms with E-state index in [2.05, 4.69) is 26.1 Å². The van der Waals surface area contributed by atoms with E-state index >= 15 is 0 Å². The van der Waals surface area contributed by atoms with E-state index in [0.29, 0.717) is 28.8 Å². The Kier molecular flexibility index (Phi) is 9.41. The van der Waals surface area contributed by atoms with Crippen molar-refractivity contribution in [3.05, 3.63) is 63.6 Å². The fraction of sp³-hybridized carbons (Fsp3) is 0.440. The predicted octanol–water partition coefficient (Wildman–Crippen LogP) is 5.61. The lowest BCUT2D eigenvalue weighted by molar-refractivity contribution is -0.142. The Morgan fingerprint density at radius 3 is 2.34 bits per heavy atom. The standard InChI is InChI=1S/C25H32Cl2N2O3/c1-6-21(24(31)28-7-2)29(15-17-12-13-19(26)20(27)14-17)23(30)16-32-22-11-9-8-10-18(22)25(3,4)5/h8-14,21H,6-7,15-16H2,1-5H3,(H,28,31)/t21-/m1/s1. The third-order valence-electron chi connectivity index (χ3n) is 5.12.